The van der Waals surface area contributed by atoms with E-state index in [4.69, 9.17) is 9.97 Å². The van der Waals surface area contributed by atoms with E-state index in [9.17, 15) is 4.79 Å². The van der Waals surface area contributed by atoms with E-state index in [1.165, 1.54) is 12.8 Å². The van der Waals surface area contributed by atoms with Crippen molar-refractivity contribution in [3.05, 3.63) is 36.4 Å². The zero-order valence-corrected chi connectivity index (χ0v) is 14.3. The molecule has 0 aliphatic carbocycles. The molecule has 2 aliphatic heterocycles. The molecule has 130 valence electrons. The summed E-state index contributed by atoms with van der Waals surface area (Å²) in [5, 5.41) is 0. The fraction of sp³-hybridized carbons (Fsp3) is 0.421. The molecule has 1 amide bonds. The minimum atomic E-state index is 0.743. The van der Waals surface area contributed by atoms with Gasteiger partial charge in [-0.25, -0.2) is 9.97 Å². The standard InChI is InChI=1S/C19H23N5O/c25-15-22-10-12-24(13-11-22)18-14-17(23-8-4-5-9-23)20-19(21-18)16-6-2-1-3-7-16/h1-3,6-7,14-15H,4-5,8-13H2. The Bertz CT molecular complexity index is 722. The lowest BCUT2D eigenvalue weighted by atomic mass is 10.2. The Hall–Kier alpha value is -2.63. The van der Waals surface area contributed by atoms with Gasteiger partial charge < -0.3 is 14.7 Å². The Morgan fingerprint density at radius 1 is 0.800 bits per heavy atom. The molecule has 25 heavy (non-hydrogen) atoms. The summed E-state index contributed by atoms with van der Waals surface area (Å²) in [6, 6.07) is 12.3. The molecule has 0 N–H and O–H groups in total. The van der Waals surface area contributed by atoms with Gasteiger partial charge in [-0.2, -0.15) is 0 Å². The predicted octanol–water partition coefficient (Wildman–Crippen LogP) is 2.02. The first kappa shape index (κ1) is 15.9. The highest BCUT2D eigenvalue weighted by Crippen LogP contribution is 2.27. The first-order valence-corrected chi connectivity index (χ1v) is 8.97. The van der Waals surface area contributed by atoms with Gasteiger partial charge in [0.2, 0.25) is 6.41 Å². The Balaban J connectivity index is 1.68. The van der Waals surface area contributed by atoms with Crippen molar-refractivity contribution < 1.29 is 4.79 Å². The molecule has 0 unspecified atom stereocenters. The SMILES string of the molecule is O=CN1CCN(c2cc(N3CCCC3)nc(-c3ccccc3)n2)CC1. The lowest BCUT2D eigenvalue weighted by Gasteiger charge is -2.34. The highest BCUT2D eigenvalue weighted by molar-refractivity contribution is 5.62. The fourth-order valence-corrected chi connectivity index (χ4v) is 3.47. The number of anilines is 2. The van der Waals surface area contributed by atoms with Crippen LogP contribution in [0.2, 0.25) is 0 Å². The van der Waals surface area contributed by atoms with Gasteiger partial charge in [0.25, 0.3) is 0 Å². The largest absolute Gasteiger partial charge is 0.356 e. The Morgan fingerprint density at radius 3 is 2.00 bits per heavy atom. The molecular weight excluding hydrogens is 314 g/mol. The van der Waals surface area contributed by atoms with Gasteiger partial charge >= 0.3 is 0 Å². The topological polar surface area (TPSA) is 52.6 Å². The fourth-order valence-electron chi connectivity index (χ4n) is 3.47. The molecule has 0 atom stereocenters. The molecule has 6 heteroatoms. The van der Waals surface area contributed by atoms with E-state index in [0.29, 0.717) is 0 Å². The van der Waals surface area contributed by atoms with E-state index in [-0.39, 0.29) is 0 Å². The van der Waals surface area contributed by atoms with Gasteiger partial charge in [0.1, 0.15) is 11.6 Å². The third-order valence-electron chi connectivity index (χ3n) is 4.95. The molecule has 2 saturated heterocycles. The van der Waals surface area contributed by atoms with Gasteiger partial charge in [-0.3, -0.25) is 4.79 Å². The average molecular weight is 337 g/mol. The molecule has 4 rings (SSSR count). The van der Waals surface area contributed by atoms with Gasteiger partial charge in [0, 0.05) is 50.9 Å². The summed E-state index contributed by atoms with van der Waals surface area (Å²) in [5.74, 6) is 2.75. The van der Waals surface area contributed by atoms with Crippen molar-refractivity contribution in [2.45, 2.75) is 12.8 Å². The second-order valence-electron chi connectivity index (χ2n) is 6.60. The second-order valence-corrected chi connectivity index (χ2v) is 6.60. The third-order valence-corrected chi connectivity index (χ3v) is 4.95. The van der Waals surface area contributed by atoms with Crippen molar-refractivity contribution in [3.8, 4) is 11.4 Å². The van der Waals surface area contributed by atoms with Crippen LogP contribution in [-0.2, 0) is 4.79 Å². The van der Waals surface area contributed by atoms with Crippen molar-refractivity contribution in [2.75, 3.05) is 49.1 Å². The quantitative estimate of drug-likeness (QED) is 0.799. The van der Waals surface area contributed by atoms with Crippen LogP contribution in [0.1, 0.15) is 12.8 Å². The van der Waals surface area contributed by atoms with Gasteiger partial charge in [-0.15, -0.1) is 0 Å². The average Bonchev–Trinajstić information content (AvgIpc) is 3.23. The van der Waals surface area contributed by atoms with E-state index in [2.05, 4.69) is 28.0 Å². The summed E-state index contributed by atoms with van der Waals surface area (Å²) in [6.07, 6.45) is 3.37. The van der Waals surface area contributed by atoms with Crippen molar-refractivity contribution in [1.29, 1.82) is 0 Å². The molecule has 2 fully saturated rings. The van der Waals surface area contributed by atoms with Gasteiger partial charge in [-0.1, -0.05) is 30.3 Å². The second kappa shape index (κ2) is 7.09. The van der Waals surface area contributed by atoms with Crippen LogP contribution in [0, 0.1) is 0 Å². The first-order valence-electron chi connectivity index (χ1n) is 8.97. The lowest BCUT2D eigenvalue weighted by molar-refractivity contribution is -0.118. The number of carbonyl (C=O) groups is 1. The molecule has 1 aromatic heterocycles. The monoisotopic (exact) mass is 337 g/mol. The molecule has 1 aromatic carbocycles. The number of rotatable bonds is 4. The minimum absolute atomic E-state index is 0.743. The van der Waals surface area contributed by atoms with Crippen molar-refractivity contribution in [3.63, 3.8) is 0 Å². The molecule has 6 nitrogen and oxygen atoms in total. The number of aromatic nitrogens is 2. The number of piperazine rings is 1. The molecule has 2 aromatic rings. The summed E-state index contributed by atoms with van der Waals surface area (Å²) >= 11 is 0. The summed E-state index contributed by atoms with van der Waals surface area (Å²) in [4.78, 5) is 27.0. The third kappa shape index (κ3) is 3.43. The lowest BCUT2D eigenvalue weighted by Crippen LogP contribution is -2.46. The maximum atomic E-state index is 10.9. The zero-order valence-electron chi connectivity index (χ0n) is 14.3. The van der Waals surface area contributed by atoms with Crippen molar-refractivity contribution in [2.24, 2.45) is 0 Å². The van der Waals surface area contributed by atoms with E-state index in [0.717, 1.165) is 68.7 Å². The smallest absolute Gasteiger partial charge is 0.209 e. The normalized spacial score (nSPS) is 17.8. The molecule has 0 radical (unpaired) electrons. The van der Waals surface area contributed by atoms with Gasteiger partial charge in [-0.05, 0) is 12.8 Å². The summed E-state index contributed by atoms with van der Waals surface area (Å²) < 4.78 is 0. The van der Waals surface area contributed by atoms with Crippen LogP contribution >= 0.6 is 0 Å². The highest BCUT2D eigenvalue weighted by atomic mass is 16.1. The summed E-state index contributed by atoms with van der Waals surface area (Å²) in [5.41, 5.74) is 1.04. The summed E-state index contributed by atoms with van der Waals surface area (Å²) in [7, 11) is 0. The molecular formula is C19H23N5O. The summed E-state index contributed by atoms with van der Waals surface area (Å²) in [6.45, 7) is 5.22. The Labute approximate surface area is 148 Å². The van der Waals surface area contributed by atoms with E-state index in [1.54, 1.807) is 0 Å². The number of amides is 1. The van der Waals surface area contributed by atoms with Crippen LogP contribution in [0.4, 0.5) is 11.6 Å². The Morgan fingerprint density at radius 2 is 1.40 bits per heavy atom. The van der Waals surface area contributed by atoms with E-state index < -0.39 is 0 Å². The van der Waals surface area contributed by atoms with Crippen LogP contribution < -0.4 is 9.80 Å². The van der Waals surface area contributed by atoms with E-state index in [1.807, 2.05) is 23.1 Å². The van der Waals surface area contributed by atoms with Crippen LogP contribution in [0.15, 0.2) is 36.4 Å². The van der Waals surface area contributed by atoms with Crippen molar-refractivity contribution in [1.82, 2.24) is 14.9 Å². The maximum Gasteiger partial charge on any atom is 0.209 e. The Kier molecular flexibility index (Phi) is 4.50. The molecule has 0 bridgehead atoms. The first-order chi connectivity index (χ1) is 12.3. The van der Waals surface area contributed by atoms with Crippen LogP contribution in [0.3, 0.4) is 0 Å². The molecule has 0 saturated carbocycles. The molecule has 0 spiro atoms. The van der Waals surface area contributed by atoms with Crippen LogP contribution in [0.25, 0.3) is 11.4 Å². The molecule has 2 aliphatic rings. The number of carbonyl (C=O) groups excluding carboxylic acids is 1. The van der Waals surface area contributed by atoms with Crippen LogP contribution in [0.5, 0.6) is 0 Å². The zero-order chi connectivity index (χ0) is 17.1. The number of hydrogen-bond donors (Lipinski definition) is 0. The van der Waals surface area contributed by atoms with E-state index >= 15 is 0 Å². The highest BCUT2D eigenvalue weighted by Gasteiger charge is 2.21. The minimum Gasteiger partial charge on any atom is -0.356 e. The number of hydrogen-bond acceptors (Lipinski definition) is 5. The van der Waals surface area contributed by atoms with Gasteiger partial charge in [0.15, 0.2) is 5.82 Å². The van der Waals surface area contributed by atoms with Gasteiger partial charge in [0.05, 0.1) is 0 Å². The number of benzene rings is 1. The molecule has 3 heterocycles. The number of nitrogens with zero attached hydrogens (tertiary/aromatic N) is 5. The van der Waals surface area contributed by atoms with Crippen LogP contribution in [-0.4, -0.2) is 60.5 Å². The maximum absolute atomic E-state index is 10.9. The van der Waals surface area contributed by atoms with Crippen molar-refractivity contribution >= 4 is 18.0 Å². The predicted molar refractivity (Wildman–Crippen MR) is 98.8 cm³/mol.